The normalized spacial score (nSPS) is 30.1. The lowest BCUT2D eigenvalue weighted by molar-refractivity contribution is -0.139. The number of aliphatic hydroxyl groups is 1. The van der Waals surface area contributed by atoms with Crippen LogP contribution in [0.4, 0.5) is 4.79 Å². The van der Waals surface area contributed by atoms with E-state index in [1.165, 1.54) is 0 Å². The summed E-state index contributed by atoms with van der Waals surface area (Å²) in [6, 6.07) is -0.715. The van der Waals surface area contributed by atoms with Gasteiger partial charge in [-0.25, -0.2) is 4.79 Å². The van der Waals surface area contributed by atoms with Crippen molar-refractivity contribution in [3.63, 3.8) is 0 Å². The van der Waals surface area contributed by atoms with Gasteiger partial charge in [0.05, 0.1) is 12.6 Å². The molecule has 2 aliphatic heterocycles. The summed E-state index contributed by atoms with van der Waals surface area (Å²) in [5, 5.41) is 11.8. The van der Waals surface area contributed by atoms with Crippen LogP contribution in [0.25, 0.3) is 0 Å². The average molecular weight is 283 g/mol. The van der Waals surface area contributed by atoms with Gasteiger partial charge in [0.25, 0.3) is 5.91 Å². The van der Waals surface area contributed by atoms with E-state index in [4.69, 9.17) is 0 Å². The van der Waals surface area contributed by atoms with Crippen LogP contribution in [0.2, 0.25) is 0 Å². The third-order valence-electron chi connectivity index (χ3n) is 4.25. The number of imide groups is 1. The predicted octanol–water partition coefficient (Wildman–Crippen LogP) is -0.310. The molecule has 0 bridgehead atoms. The third kappa shape index (κ3) is 2.37. The lowest BCUT2D eigenvalue weighted by Gasteiger charge is -2.25. The molecule has 2 heterocycles. The molecular weight excluding hydrogens is 262 g/mol. The monoisotopic (exact) mass is 283 g/mol. The SMILES string of the molecule is CCC1(C)NC(=O)N(CC(=O)N2CCC[C@@H]2CO)C1=O. The molecule has 2 rings (SSSR count). The van der Waals surface area contributed by atoms with Crippen molar-refractivity contribution in [3.8, 4) is 0 Å². The van der Waals surface area contributed by atoms with Crippen LogP contribution in [0.3, 0.4) is 0 Å². The van der Waals surface area contributed by atoms with E-state index in [0.717, 1.165) is 17.7 Å². The van der Waals surface area contributed by atoms with Crippen molar-refractivity contribution >= 4 is 17.8 Å². The van der Waals surface area contributed by atoms with Crippen molar-refractivity contribution < 1.29 is 19.5 Å². The van der Waals surface area contributed by atoms with E-state index in [1.54, 1.807) is 11.8 Å². The van der Waals surface area contributed by atoms with Gasteiger partial charge in [-0.3, -0.25) is 14.5 Å². The molecule has 7 nitrogen and oxygen atoms in total. The topological polar surface area (TPSA) is 90.0 Å². The number of nitrogens with zero attached hydrogens (tertiary/aromatic N) is 2. The van der Waals surface area contributed by atoms with E-state index in [0.29, 0.717) is 13.0 Å². The molecule has 0 aliphatic carbocycles. The Morgan fingerprint density at radius 1 is 1.50 bits per heavy atom. The number of carbonyl (C=O) groups excluding carboxylic acids is 3. The summed E-state index contributed by atoms with van der Waals surface area (Å²) in [6.07, 6.45) is 2.07. The fraction of sp³-hybridized carbons (Fsp3) is 0.769. The Hall–Kier alpha value is -1.63. The Morgan fingerprint density at radius 3 is 2.75 bits per heavy atom. The van der Waals surface area contributed by atoms with Gasteiger partial charge in [-0.15, -0.1) is 0 Å². The summed E-state index contributed by atoms with van der Waals surface area (Å²) in [5.74, 6) is -0.650. The molecule has 0 aromatic heterocycles. The van der Waals surface area contributed by atoms with Crippen LogP contribution in [0.1, 0.15) is 33.1 Å². The number of rotatable bonds is 4. The summed E-state index contributed by atoms with van der Waals surface area (Å²) in [4.78, 5) is 38.8. The van der Waals surface area contributed by atoms with Crippen LogP contribution >= 0.6 is 0 Å². The van der Waals surface area contributed by atoms with Crippen LogP contribution in [0.15, 0.2) is 0 Å². The summed E-state index contributed by atoms with van der Waals surface area (Å²) < 4.78 is 0. The number of hydrogen-bond donors (Lipinski definition) is 2. The molecule has 2 aliphatic rings. The molecule has 2 atom stereocenters. The second-order valence-electron chi connectivity index (χ2n) is 5.57. The Labute approximate surface area is 117 Å². The van der Waals surface area contributed by atoms with E-state index < -0.39 is 11.6 Å². The fourth-order valence-corrected chi connectivity index (χ4v) is 2.71. The van der Waals surface area contributed by atoms with Gasteiger partial charge < -0.3 is 15.3 Å². The standard InChI is InChI=1S/C13H21N3O4/c1-3-13(2)11(19)16(12(20)14-13)7-10(18)15-6-4-5-9(15)8-17/h9,17H,3-8H2,1-2H3,(H,14,20)/t9-,13?/m1/s1. The van der Waals surface area contributed by atoms with E-state index >= 15 is 0 Å². The molecule has 2 saturated heterocycles. The van der Waals surface area contributed by atoms with Crippen LogP contribution < -0.4 is 5.32 Å². The summed E-state index contributed by atoms with van der Waals surface area (Å²) in [6.45, 7) is 3.70. The molecule has 0 saturated carbocycles. The molecule has 2 fully saturated rings. The van der Waals surface area contributed by atoms with E-state index in [-0.39, 0.29) is 31.0 Å². The first-order chi connectivity index (χ1) is 9.42. The lowest BCUT2D eigenvalue weighted by Crippen LogP contribution is -2.47. The van der Waals surface area contributed by atoms with Crippen molar-refractivity contribution in [2.75, 3.05) is 19.7 Å². The maximum absolute atomic E-state index is 12.2. The summed E-state index contributed by atoms with van der Waals surface area (Å²) >= 11 is 0. The third-order valence-corrected chi connectivity index (χ3v) is 4.25. The molecule has 0 aromatic rings. The Morgan fingerprint density at radius 2 is 2.20 bits per heavy atom. The highest BCUT2D eigenvalue weighted by Crippen LogP contribution is 2.22. The number of amides is 4. The van der Waals surface area contributed by atoms with Gasteiger partial charge in [-0.1, -0.05) is 6.92 Å². The van der Waals surface area contributed by atoms with Crippen molar-refractivity contribution in [1.82, 2.24) is 15.1 Å². The van der Waals surface area contributed by atoms with E-state index in [1.807, 2.05) is 6.92 Å². The first kappa shape index (κ1) is 14.8. The first-order valence-electron chi connectivity index (χ1n) is 6.97. The van der Waals surface area contributed by atoms with Gasteiger partial charge in [0, 0.05) is 6.54 Å². The number of nitrogens with one attached hydrogen (secondary N) is 1. The molecule has 1 unspecified atom stereocenters. The molecule has 0 aromatic carbocycles. The van der Waals surface area contributed by atoms with Crippen LogP contribution in [0, 0.1) is 0 Å². The molecule has 0 spiro atoms. The van der Waals surface area contributed by atoms with E-state index in [2.05, 4.69) is 5.32 Å². The zero-order valence-corrected chi connectivity index (χ0v) is 11.9. The molecule has 112 valence electrons. The first-order valence-corrected chi connectivity index (χ1v) is 6.97. The Kier molecular flexibility index (Phi) is 3.99. The quantitative estimate of drug-likeness (QED) is 0.693. The smallest absolute Gasteiger partial charge is 0.325 e. The minimum atomic E-state index is -0.918. The highest BCUT2D eigenvalue weighted by molar-refractivity contribution is 6.08. The van der Waals surface area contributed by atoms with Crippen LogP contribution in [-0.4, -0.2) is 64.0 Å². The lowest BCUT2D eigenvalue weighted by atomic mass is 9.99. The number of likely N-dealkylation sites (tertiary alicyclic amines) is 1. The highest BCUT2D eigenvalue weighted by atomic mass is 16.3. The summed E-state index contributed by atoms with van der Waals surface area (Å²) in [5.41, 5.74) is -0.918. The van der Waals surface area contributed by atoms with Gasteiger partial charge >= 0.3 is 6.03 Å². The average Bonchev–Trinajstić information content (AvgIpc) is 2.98. The molecule has 4 amide bonds. The largest absolute Gasteiger partial charge is 0.394 e. The Bertz CT molecular complexity index is 439. The predicted molar refractivity (Wildman–Crippen MR) is 70.8 cm³/mol. The maximum atomic E-state index is 12.2. The Balaban J connectivity index is 2.05. The van der Waals surface area contributed by atoms with Gasteiger partial charge in [0.15, 0.2) is 0 Å². The van der Waals surface area contributed by atoms with Crippen molar-refractivity contribution in [3.05, 3.63) is 0 Å². The van der Waals surface area contributed by atoms with Gasteiger partial charge in [0.2, 0.25) is 5.91 Å². The zero-order valence-electron chi connectivity index (χ0n) is 11.9. The second-order valence-corrected chi connectivity index (χ2v) is 5.57. The van der Waals surface area contributed by atoms with Gasteiger partial charge in [-0.05, 0) is 26.2 Å². The number of carbonyl (C=O) groups is 3. The van der Waals surface area contributed by atoms with Gasteiger partial charge in [0.1, 0.15) is 12.1 Å². The van der Waals surface area contributed by atoms with E-state index in [9.17, 15) is 19.5 Å². The molecule has 2 N–H and O–H groups in total. The molecular formula is C13H21N3O4. The minimum absolute atomic E-state index is 0.0848. The highest BCUT2D eigenvalue weighted by Gasteiger charge is 2.47. The number of urea groups is 1. The molecule has 20 heavy (non-hydrogen) atoms. The molecule has 0 radical (unpaired) electrons. The van der Waals surface area contributed by atoms with Gasteiger partial charge in [-0.2, -0.15) is 0 Å². The van der Waals surface area contributed by atoms with Crippen molar-refractivity contribution in [2.45, 2.75) is 44.7 Å². The van der Waals surface area contributed by atoms with Crippen molar-refractivity contribution in [2.24, 2.45) is 0 Å². The van der Waals surface area contributed by atoms with Crippen LogP contribution in [0.5, 0.6) is 0 Å². The minimum Gasteiger partial charge on any atom is -0.394 e. The second kappa shape index (κ2) is 5.40. The number of hydrogen-bond acceptors (Lipinski definition) is 4. The maximum Gasteiger partial charge on any atom is 0.325 e. The molecule has 7 heteroatoms. The summed E-state index contributed by atoms with van der Waals surface area (Å²) in [7, 11) is 0. The van der Waals surface area contributed by atoms with Crippen molar-refractivity contribution in [1.29, 1.82) is 0 Å². The van der Waals surface area contributed by atoms with Crippen LogP contribution in [-0.2, 0) is 9.59 Å². The fourth-order valence-electron chi connectivity index (χ4n) is 2.71. The zero-order chi connectivity index (χ0) is 14.9. The number of aliphatic hydroxyl groups excluding tert-OH is 1.